The molecule has 3 aromatic rings. The van der Waals surface area contributed by atoms with Crippen LogP contribution in [0.15, 0.2) is 53.3 Å². The molecule has 1 heterocycles. The summed E-state index contributed by atoms with van der Waals surface area (Å²) in [5.41, 5.74) is 1.71. The first-order valence-corrected chi connectivity index (χ1v) is 6.61. The van der Waals surface area contributed by atoms with Crippen molar-refractivity contribution in [2.45, 2.75) is 13.0 Å². The lowest BCUT2D eigenvalue weighted by atomic mass is 10.1. The van der Waals surface area contributed by atoms with Crippen molar-refractivity contribution in [2.24, 2.45) is 0 Å². The van der Waals surface area contributed by atoms with Crippen molar-refractivity contribution in [3.8, 4) is 0 Å². The third kappa shape index (κ3) is 2.12. The van der Waals surface area contributed by atoms with Crippen LogP contribution in [0, 0.1) is 0 Å². The summed E-state index contributed by atoms with van der Waals surface area (Å²) in [5.74, 6) is -1.05. The number of aromatic nitrogens is 2. The summed E-state index contributed by atoms with van der Waals surface area (Å²) in [6.45, 7) is 1.88. The molecular formula is C16H14N2O3. The minimum atomic E-state index is -1.05. The van der Waals surface area contributed by atoms with E-state index in [0.29, 0.717) is 11.0 Å². The fourth-order valence-corrected chi connectivity index (χ4v) is 2.60. The normalized spacial score (nSPS) is 12.4. The number of nitrogens with zero attached hydrogens (tertiary/aromatic N) is 1. The van der Waals surface area contributed by atoms with Gasteiger partial charge in [0.05, 0.1) is 22.6 Å². The van der Waals surface area contributed by atoms with Gasteiger partial charge in [-0.25, -0.2) is 9.59 Å². The molecular weight excluding hydrogens is 268 g/mol. The zero-order valence-electron chi connectivity index (χ0n) is 11.4. The van der Waals surface area contributed by atoms with E-state index in [0.717, 1.165) is 5.56 Å². The summed E-state index contributed by atoms with van der Waals surface area (Å²) in [4.78, 5) is 26.4. The van der Waals surface area contributed by atoms with Crippen LogP contribution in [-0.4, -0.2) is 20.6 Å². The Morgan fingerprint density at radius 1 is 1.14 bits per heavy atom. The monoisotopic (exact) mass is 282 g/mol. The zero-order chi connectivity index (χ0) is 15.0. The number of carbonyl (C=O) groups is 1. The van der Waals surface area contributed by atoms with Crippen LogP contribution in [0.2, 0.25) is 0 Å². The highest BCUT2D eigenvalue weighted by molar-refractivity contribution is 6.01. The van der Waals surface area contributed by atoms with Gasteiger partial charge in [0.15, 0.2) is 0 Å². The standard InChI is InChI=1S/C16H14N2O3/c1-10(11-6-3-2-4-7-11)18-14-12(15(19)20)8-5-9-13(14)17-16(18)21/h2-10H,1H3,(H,17,21)(H,19,20). The van der Waals surface area contributed by atoms with Crippen LogP contribution in [0.4, 0.5) is 0 Å². The Morgan fingerprint density at radius 2 is 1.86 bits per heavy atom. The molecule has 1 aromatic heterocycles. The van der Waals surface area contributed by atoms with Crippen LogP contribution in [0.5, 0.6) is 0 Å². The van der Waals surface area contributed by atoms with Gasteiger partial charge < -0.3 is 10.1 Å². The molecule has 0 saturated carbocycles. The number of aromatic amines is 1. The summed E-state index contributed by atoms with van der Waals surface area (Å²) in [6, 6.07) is 14.1. The predicted octanol–water partition coefficient (Wildman–Crippen LogP) is 2.64. The number of carboxylic acid groups (broad SMARTS) is 1. The molecule has 2 N–H and O–H groups in total. The van der Waals surface area contributed by atoms with Gasteiger partial charge in [-0.2, -0.15) is 0 Å². The highest BCUT2D eigenvalue weighted by Gasteiger charge is 2.19. The molecule has 5 heteroatoms. The second-order valence-corrected chi connectivity index (χ2v) is 4.89. The van der Waals surface area contributed by atoms with Gasteiger partial charge in [0.1, 0.15) is 0 Å². The maximum absolute atomic E-state index is 12.2. The summed E-state index contributed by atoms with van der Waals surface area (Å²) >= 11 is 0. The Bertz CT molecular complexity index is 862. The Kier molecular flexibility index (Phi) is 3.10. The van der Waals surface area contributed by atoms with Crippen LogP contribution >= 0.6 is 0 Å². The van der Waals surface area contributed by atoms with E-state index < -0.39 is 5.97 Å². The minimum absolute atomic E-state index is 0.119. The van der Waals surface area contributed by atoms with E-state index in [9.17, 15) is 14.7 Å². The number of H-pyrrole nitrogens is 1. The van der Waals surface area contributed by atoms with Crippen LogP contribution < -0.4 is 5.69 Å². The quantitative estimate of drug-likeness (QED) is 0.775. The second-order valence-electron chi connectivity index (χ2n) is 4.89. The molecule has 0 radical (unpaired) electrons. The summed E-state index contributed by atoms with van der Waals surface area (Å²) in [6.07, 6.45) is 0. The van der Waals surface area contributed by atoms with Crippen LogP contribution in [0.3, 0.4) is 0 Å². The van der Waals surface area contributed by atoms with E-state index in [4.69, 9.17) is 0 Å². The largest absolute Gasteiger partial charge is 0.478 e. The predicted molar refractivity (Wildman–Crippen MR) is 79.8 cm³/mol. The van der Waals surface area contributed by atoms with Gasteiger partial charge in [-0.05, 0) is 24.6 Å². The lowest BCUT2D eigenvalue weighted by Gasteiger charge is -2.14. The first-order valence-electron chi connectivity index (χ1n) is 6.61. The number of nitrogens with one attached hydrogen (secondary N) is 1. The molecule has 0 amide bonds. The molecule has 106 valence electrons. The smallest absolute Gasteiger partial charge is 0.337 e. The van der Waals surface area contributed by atoms with Gasteiger partial charge in [0.2, 0.25) is 0 Å². The first-order chi connectivity index (χ1) is 10.1. The van der Waals surface area contributed by atoms with E-state index in [2.05, 4.69) is 4.98 Å². The van der Waals surface area contributed by atoms with Gasteiger partial charge in [0, 0.05) is 0 Å². The van der Waals surface area contributed by atoms with Gasteiger partial charge in [-0.1, -0.05) is 36.4 Å². The third-order valence-corrected chi connectivity index (χ3v) is 3.64. The van der Waals surface area contributed by atoms with Gasteiger partial charge in [-0.15, -0.1) is 0 Å². The number of aromatic carboxylic acids is 1. The van der Waals surface area contributed by atoms with Gasteiger partial charge in [0.25, 0.3) is 0 Å². The van der Waals surface area contributed by atoms with E-state index in [1.807, 2.05) is 37.3 Å². The number of fused-ring (bicyclic) bond motifs is 1. The fourth-order valence-electron chi connectivity index (χ4n) is 2.60. The number of hydrogen-bond acceptors (Lipinski definition) is 2. The molecule has 0 aliphatic heterocycles. The van der Waals surface area contributed by atoms with Gasteiger partial charge in [-0.3, -0.25) is 4.57 Å². The highest BCUT2D eigenvalue weighted by Crippen LogP contribution is 2.23. The van der Waals surface area contributed by atoms with E-state index >= 15 is 0 Å². The van der Waals surface area contributed by atoms with Crippen molar-refractivity contribution in [1.82, 2.24) is 9.55 Å². The molecule has 5 nitrogen and oxygen atoms in total. The average molecular weight is 282 g/mol. The van der Waals surface area contributed by atoms with Crippen molar-refractivity contribution < 1.29 is 9.90 Å². The molecule has 0 bridgehead atoms. The SMILES string of the molecule is CC(c1ccccc1)n1c(=O)[nH]c2cccc(C(=O)O)c21. The van der Waals surface area contributed by atoms with E-state index in [1.54, 1.807) is 12.1 Å². The van der Waals surface area contributed by atoms with Crippen molar-refractivity contribution in [3.05, 3.63) is 70.1 Å². The first kappa shape index (κ1) is 13.2. The molecule has 1 unspecified atom stereocenters. The van der Waals surface area contributed by atoms with Crippen LogP contribution in [-0.2, 0) is 0 Å². The van der Waals surface area contributed by atoms with E-state index in [-0.39, 0.29) is 17.3 Å². The zero-order valence-corrected chi connectivity index (χ0v) is 11.4. The van der Waals surface area contributed by atoms with Crippen molar-refractivity contribution >= 4 is 17.0 Å². The second kappa shape index (κ2) is 4.94. The number of para-hydroxylation sites is 1. The summed E-state index contributed by atoms with van der Waals surface area (Å²) < 4.78 is 1.49. The lowest BCUT2D eigenvalue weighted by molar-refractivity contribution is 0.0698. The van der Waals surface area contributed by atoms with Crippen molar-refractivity contribution in [3.63, 3.8) is 0 Å². The number of rotatable bonds is 3. The van der Waals surface area contributed by atoms with Crippen LogP contribution in [0.1, 0.15) is 28.9 Å². The molecule has 0 aliphatic rings. The lowest BCUT2D eigenvalue weighted by Crippen LogP contribution is -2.22. The number of imidazole rings is 1. The number of benzene rings is 2. The Labute approximate surface area is 120 Å². The molecule has 0 fully saturated rings. The molecule has 0 aliphatic carbocycles. The minimum Gasteiger partial charge on any atom is -0.478 e. The molecule has 21 heavy (non-hydrogen) atoms. The van der Waals surface area contributed by atoms with Gasteiger partial charge >= 0.3 is 11.7 Å². The maximum atomic E-state index is 12.2. The Hall–Kier alpha value is -2.82. The van der Waals surface area contributed by atoms with E-state index in [1.165, 1.54) is 10.6 Å². The summed E-state index contributed by atoms with van der Waals surface area (Å²) in [5, 5.41) is 9.34. The molecule has 0 spiro atoms. The highest BCUT2D eigenvalue weighted by atomic mass is 16.4. The maximum Gasteiger partial charge on any atom is 0.337 e. The molecule has 2 aromatic carbocycles. The Morgan fingerprint density at radius 3 is 2.52 bits per heavy atom. The summed E-state index contributed by atoms with van der Waals surface area (Å²) in [7, 11) is 0. The topological polar surface area (TPSA) is 75.1 Å². The molecule has 3 rings (SSSR count). The van der Waals surface area contributed by atoms with Crippen molar-refractivity contribution in [1.29, 1.82) is 0 Å². The van der Waals surface area contributed by atoms with Crippen LogP contribution in [0.25, 0.3) is 11.0 Å². The average Bonchev–Trinajstić information content (AvgIpc) is 2.83. The van der Waals surface area contributed by atoms with Crippen molar-refractivity contribution in [2.75, 3.05) is 0 Å². The molecule has 1 atom stereocenters. The number of hydrogen-bond donors (Lipinski definition) is 2. The molecule has 0 saturated heterocycles. The Balaban J connectivity index is 2.30. The number of carboxylic acids is 1. The third-order valence-electron chi connectivity index (χ3n) is 3.64. The fraction of sp³-hybridized carbons (Fsp3) is 0.125.